The van der Waals surface area contributed by atoms with E-state index in [4.69, 9.17) is 23.7 Å². The zero-order chi connectivity index (χ0) is 29.8. The fraction of sp³-hybridized carbons (Fsp3) is 0.441. The summed E-state index contributed by atoms with van der Waals surface area (Å²) >= 11 is 0. The molecule has 0 aromatic heterocycles. The Labute approximate surface area is 248 Å². The predicted octanol–water partition coefficient (Wildman–Crippen LogP) is 5.45. The Morgan fingerprint density at radius 3 is 2.29 bits per heavy atom. The van der Waals surface area contributed by atoms with Crippen LogP contribution in [0.3, 0.4) is 0 Å². The molecule has 0 spiro atoms. The molecule has 1 aliphatic heterocycles. The topological polar surface area (TPSA) is 78.5 Å². The Balaban J connectivity index is 1.42. The first kappa shape index (κ1) is 29.6. The number of nitrogens with one attached hydrogen (secondary N) is 1. The summed E-state index contributed by atoms with van der Waals surface area (Å²) in [4.78, 5) is 15.8. The molecule has 8 nitrogen and oxygen atoms in total. The number of benzene rings is 3. The van der Waals surface area contributed by atoms with Gasteiger partial charge in [-0.1, -0.05) is 12.1 Å². The van der Waals surface area contributed by atoms with E-state index in [-0.39, 0.29) is 24.1 Å². The number of fused-ring (bicyclic) bond motifs is 2. The Hall–Kier alpha value is -3.91. The molecule has 3 aromatic rings. The third-order valence-corrected chi connectivity index (χ3v) is 8.24. The van der Waals surface area contributed by atoms with Crippen LogP contribution in [0, 0.1) is 0 Å². The van der Waals surface area contributed by atoms with Crippen molar-refractivity contribution in [3.63, 3.8) is 0 Å². The van der Waals surface area contributed by atoms with Gasteiger partial charge in [-0.3, -0.25) is 9.69 Å². The highest BCUT2D eigenvalue weighted by molar-refractivity contribution is 5.79. The van der Waals surface area contributed by atoms with Gasteiger partial charge in [-0.05, 0) is 104 Å². The lowest BCUT2D eigenvalue weighted by molar-refractivity contribution is -0.123. The molecule has 0 fully saturated rings. The Bertz CT molecular complexity index is 1420. The van der Waals surface area contributed by atoms with Crippen molar-refractivity contribution in [3.8, 4) is 28.7 Å². The number of amides is 1. The maximum Gasteiger partial charge on any atom is 0.234 e. The van der Waals surface area contributed by atoms with Crippen LogP contribution in [0.5, 0.6) is 28.7 Å². The summed E-state index contributed by atoms with van der Waals surface area (Å²) in [7, 11) is 6.64. The zero-order valence-electron chi connectivity index (χ0n) is 25.5. The summed E-state index contributed by atoms with van der Waals surface area (Å²) in [6.07, 6.45) is 3.33. The second kappa shape index (κ2) is 12.9. The molecule has 0 saturated carbocycles. The molecule has 224 valence electrons. The second-order valence-corrected chi connectivity index (χ2v) is 11.2. The van der Waals surface area contributed by atoms with Crippen LogP contribution in [0.25, 0.3) is 0 Å². The van der Waals surface area contributed by atoms with Gasteiger partial charge in [0, 0.05) is 12.6 Å². The molecule has 0 bridgehead atoms. The summed E-state index contributed by atoms with van der Waals surface area (Å²) < 4.78 is 28.3. The smallest absolute Gasteiger partial charge is 0.234 e. The van der Waals surface area contributed by atoms with E-state index in [2.05, 4.69) is 40.5 Å². The van der Waals surface area contributed by atoms with Gasteiger partial charge in [0.05, 0.1) is 47.1 Å². The predicted molar refractivity (Wildman–Crippen MR) is 162 cm³/mol. The lowest BCUT2D eigenvalue weighted by atomic mass is 9.88. The standard InChI is InChI=1S/C34H42N2O6/c1-21(2)42-33-19-27-24(18-32(33)41-6)13-14-36(29(27)15-22-7-12-30(39-4)31(16-22)40-5)20-34(37)35-28-11-8-23-17-25(38-3)9-10-26(23)28/h7,9-10,12,16-19,21,28-29H,8,11,13-15,20H2,1-6H3,(H,35,37). The van der Waals surface area contributed by atoms with Crippen molar-refractivity contribution in [2.24, 2.45) is 0 Å². The molecule has 1 N–H and O–H groups in total. The molecule has 8 heteroatoms. The molecule has 2 aliphatic rings. The third-order valence-electron chi connectivity index (χ3n) is 8.24. The van der Waals surface area contributed by atoms with E-state index in [0.29, 0.717) is 30.2 Å². The van der Waals surface area contributed by atoms with Gasteiger partial charge in [0.15, 0.2) is 23.0 Å². The molecule has 0 radical (unpaired) electrons. The molecule has 1 amide bonds. The number of methoxy groups -OCH3 is 4. The number of aryl methyl sites for hydroxylation is 1. The molecular weight excluding hydrogens is 532 g/mol. The molecule has 1 heterocycles. The van der Waals surface area contributed by atoms with Crippen molar-refractivity contribution >= 4 is 5.91 Å². The third kappa shape index (κ3) is 6.28. The van der Waals surface area contributed by atoms with Crippen LogP contribution in [-0.2, 0) is 24.1 Å². The van der Waals surface area contributed by atoms with Crippen LogP contribution in [0.1, 0.15) is 60.2 Å². The Morgan fingerprint density at radius 1 is 0.833 bits per heavy atom. The van der Waals surface area contributed by atoms with Gasteiger partial charge in [-0.15, -0.1) is 0 Å². The number of carbonyl (C=O) groups excluding carboxylic acids is 1. The fourth-order valence-electron chi connectivity index (χ4n) is 6.22. The van der Waals surface area contributed by atoms with E-state index >= 15 is 0 Å². The van der Waals surface area contributed by atoms with Gasteiger partial charge in [0.2, 0.25) is 5.91 Å². The summed E-state index contributed by atoms with van der Waals surface area (Å²) in [5, 5.41) is 3.31. The summed E-state index contributed by atoms with van der Waals surface area (Å²) in [6, 6.07) is 16.3. The van der Waals surface area contributed by atoms with Crippen LogP contribution < -0.4 is 29.0 Å². The number of carbonyl (C=O) groups is 1. The highest BCUT2D eigenvalue weighted by Crippen LogP contribution is 2.41. The van der Waals surface area contributed by atoms with Gasteiger partial charge in [-0.2, -0.15) is 0 Å². The highest BCUT2D eigenvalue weighted by Gasteiger charge is 2.32. The van der Waals surface area contributed by atoms with E-state index < -0.39 is 0 Å². The van der Waals surface area contributed by atoms with Gasteiger partial charge < -0.3 is 29.0 Å². The summed E-state index contributed by atoms with van der Waals surface area (Å²) in [5.74, 6) is 3.70. The quantitative estimate of drug-likeness (QED) is 0.326. The van der Waals surface area contributed by atoms with E-state index in [1.807, 2.05) is 32.0 Å². The van der Waals surface area contributed by atoms with Gasteiger partial charge in [-0.25, -0.2) is 0 Å². The first-order chi connectivity index (χ1) is 20.3. The fourth-order valence-corrected chi connectivity index (χ4v) is 6.22. The van der Waals surface area contributed by atoms with Crippen LogP contribution >= 0.6 is 0 Å². The van der Waals surface area contributed by atoms with E-state index in [9.17, 15) is 4.79 Å². The minimum absolute atomic E-state index is 0.000906. The largest absolute Gasteiger partial charge is 0.497 e. The second-order valence-electron chi connectivity index (χ2n) is 11.2. The van der Waals surface area contributed by atoms with Crippen molar-refractivity contribution in [3.05, 3.63) is 76.3 Å². The van der Waals surface area contributed by atoms with Crippen LogP contribution in [0.15, 0.2) is 48.5 Å². The van der Waals surface area contributed by atoms with Crippen molar-refractivity contribution < 1.29 is 28.5 Å². The monoisotopic (exact) mass is 574 g/mol. The lowest BCUT2D eigenvalue weighted by Crippen LogP contribution is -2.44. The average molecular weight is 575 g/mol. The number of hydrogen-bond acceptors (Lipinski definition) is 7. The molecule has 2 unspecified atom stereocenters. The van der Waals surface area contributed by atoms with Crippen molar-refractivity contribution in [1.29, 1.82) is 0 Å². The van der Waals surface area contributed by atoms with E-state index in [1.165, 1.54) is 16.7 Å². The molecular formula is C34H42N2O6. The Kier molecular flexibility index (Phi) is 9.12. The minimum atomic E-state index is -0.0434. The highest BCUT2D eigenvalue weighted by atomic mass is 16.5. The zero-order valence-corrected chi connectivity index (χ0v) is 25.5. The number of nitrogens with zero attached hydrogens (tertiary/aromatic N) is 1. The SMILES string of the molecule is COc1ccc2c(c1)CCC2NC(=O)CN1CCc2cc(OC)c(OC(C)C)cc2C1Cc1ccc(OC)c(OC)c1. The summed E-state index contributed by atoms with van der Waals surface area (Å²) in [5.41, 5.74) is 5.88. The van der Waals surface area contributed by atoms with Crippen LogP contribution in [0.2, 0.25) is 0 Å². The molecule has 5 rings (SSSR count). The minimum Gasteiger partial charge on any atom is -0.497 e. The van der Waals surface area contributed by atoms with Crippen LogP contribution in [-0.4, -0.2) is 58.4 Å². The van der Waals surface area contributed by atoms with Gasteiger partial charge in [0.25, 0.3) is 0 Å². The maximum absolute atomic E-state index is 13.5. The summed E-state index contributed by atoms with van der Waals surface area (Å²) in [6.45, 7) is 5.07. The lowest BCUT2D eigenvalue weighted by Gasteiger charge is -2.38. The van der Waals surface area contributed by atoms with Gasteiger partial charge >= 0.3 is 0 Å². The molecule has 2 atom stereocenters. The molecule has 42 heavy (non-hydrogen) atoms. The van der Waals surface area contributed by atoms with Crippen molar-refractivity contribution in [1.82, 2.24) is 10.2 Å². The Morgan fingerprint density at radius 2 is 1.57 bits per heavy atom. The van der Waals surface area contributed by atoms with Gasteiger partial charge in [0.1, 0.15) is 5.75 Å². The number of ether oxygens (including phenoxy) is 5. The molecule has 3 aromatic carbocycles. The van der Waals surface area contributed by atoms with Crippen molar-refractivity contribution in [2.45, 2.75) is 57.7 Å². The average Bonchev–Trinajstić information content (AvgIpc) is 3.39. The first-order valence-electron chi connectivity index (χ1n) is 14.6. The first-order valence-corrected chi connectivity index (χ1v) is 14.6. The normalized spacial score (nSPS) is 17.8. The number of hydrogen-bond donors (Lipinski definition) is 1. The van der Waals surface area contributed by atoms with E-state index in [1.54, 1.807) is 28.4 Å². The van der Waals surface area contributed by atoms with E-state index in [0.717, 1.165) is 48.4 Å². The van der Waals surface area contributed by atoms with Crippen LogP contribution in [0.4, 0.5) is 0 Å². The molecule has 1 aliphatic carbocycles. The molecule has 0 saturated heterocycles. The maximum atomic E-state index is 13.5. The number of rotatable bonds is 11. The van der Waals surface area contributed by atoms with Crippen molar-refractivity contribution in [2.75, 3.05) is 41.5 Å².